The lowest BCUT2D eigenvalue weighted by Gasteiger charge is -2.28. The highest BCUT2D eigenvalue weighted by Crippen LogP contribution is 2.27. The Hall–Kier alpha value is -3.52. The third-order valence-electron chi connectivity index (χ3n) is 5.51. The van der Waals surface area contributed by atoms with Crippen LogP contribution in [-0.4, -0.2) is 55.6 Å². The third kappa shape index (κ3) is 3.48. The second-order valence-electron chi connectivity index (χ2n) is 7.55. The minimum Gasteiger partial charge on any atom is -0.378 e. The highest BCUT2D eigenvalue weighted by Gasteiger charge is 2.22. The molecule has 5 rings (SSSR count). The van der Waals surface area contributed by atoms with Crippen molar-refractivity contribution in [2.24, 2.45) is 0 Å². The lowest BCUT2D eigenvalue weighted by molar-refractivity contribution is 0.122. The number of imidazole rings is 1. The number of aromatic nitrogens is 6. The molecular formula is C23H25N7O. The summed E-state index contributed by atoms with van der Waals surface area (Å²) in [6.45, 7) is 11.7. The van der Waals surface area contributed by atoms with E-state index in [0.717, 1.165) is 53.7 Å². The highest BCUT2D eigenvalue weighted by atomic mass is 16.5. The van der Waals surface area contributed by atoms with Crippen molar-refractivity contribution in [3.05, 3.63) is 54.5 Å². The van der Waals surface area contributed by atoms with Gasteiger partial charge in [-0.05, 0) is 32.1 Å². The molecule has 3 aromatic heterocycles. The average Bonchev–Trinajstić information content (AvgIpc) is 3.43. The molecule has 0 saturated carbocycles. The molecule has 1 saturated heterocycles. The quantitative estimate of drug-likeness (QED) is 0.497. The first-order valence-electron chi connectivity index (χ1n) is 10.5. The van der Waals surface area contributed by atoms with E-state index in [2.05, 4.69) is 48.1 Å². The van der Waals surface area contributed by atoms with Gasteiger partial charge in [-0.3, -0.25) is 0 Å². The number of aryl methyl sites for hydroxylation is 2. The molecular weight excluding hydrogens is 390 g/mol. The van der Waals surface area contributed by atoms with E-state index in [4.69, 9.17) is 24.8 Å². The van der Waals surface area contributed by atoms with E-state index < -0.39 is 0 Å². The fourth-order valence-electron chi connectivity index (χ4n) is 3.95. The topological polar surface area (TPSA) is 73.9 Å². The summed E-state index contributed by atoms with van der Waals surface area (Å²) >= 11 is 0. The van der Waals surface area contributed by atoms with Crippen LogP contribution in [0, 0.1) is 6.92 Å². The maximum atomic E-state index is 5.54. The summed E-state index contributed by atoms with van der Waals surface area (Å²) in [5, 5.41) is 4.77. The Labute approximate surface area is 180 Å². The minimum atomic E-state index is 0.526. The van der Waals surface area contributed by atoms with Gasteiger partial charge in [-0.1, -0.05) is 30.3 Å². The molecule has 1 aliphatic heterocycles. The lowest BCUT2D eigenvalue weighted by Crippen LogP contribution is -2.37. The molecule has 1 aliphatic rings. The summed E-state index contributed by atoms with van der Waals surface area (Å²) in [6.07, 6.45) is 3.67. The van der Waals surface area contributed by atoms with Gasteiger partial charge in [0.25, 0.3) is 5.95 Å². The Morgan fingerprint density at radius 2 is 1.97 bits per heavy atom. The Kier molecular flexibility index (Phi) is 4.99. The smallest absolute Gasteiger partial charge is 0.254 e. The predicted octanol–water partition coefficient (Wildman–Crippen LogP) is 3.49. The molecule has 0 unspecified atom stereocenters. The van der Waals surface area contributed by atoms with Crippen molar-refractivity contribution >= 4 is 23.1 Å². The van der Waals surface area contributed by atoms with Crippen LogP contribution >= 0.6 is 0 Å². The van der Waals surface area contributed by atoms with Gasteiger partial charge in [-0.25, -0.2) is 9.67 Å². The van der Waals surface area contributed by atoms with E-state index in [1.54, 1.807) is 10.8 Å². The summed E-state index contributed by atoms with van der Waals surface area (Å²) in [5.74, 6) is 2.13. The first kappa shape index (κ1) is 19.4. The second kappa shape index (κ2) is 7.96. The first-order chi connectivity index (χ1) is 15.2. The normalized spacial score (nSPS) is 14.3. The maximum Gasteiger partial charge on any atom is 0.254 e. The summed E-state index contributed by atoms with van der Waals surface area (Å²) in [5.41, 5.74) is 4.73. The largest absolute Gasteiger partial charge is 0.378 e. The van der Waals surface area contributed by atoms with Crippen LogP contribution in [0.25, 0.3) is 34.4 Å². The van der Waals surface area contributed by atoms with Crippen LogP contribution in [0.4, 0.5) is 5.82 Å². The number of rotatable bonds is 5. The Bertz CT molecular complexity index is 1250. The van der Waals surface area contributed by atoms with Gasteiger partial charge < -0.3 is 14.2 Å². The van der Waals surface area contributed by atoms with Crippen molar-refractivity contribution in [3.8, 4) is 17.2 Å². The van der Waals surface area contributed by atoms with Crippen LogP contribution in [0.5, 0.6) is 0 Å². The number of fused-ring (bicyclic) bond motifs is 1. The van der Waals surface area contributed by atoms with Gasteiger partial charge in [-0.2, -0.15) is 15.1 Å². The van der Waals surface area contributed by atoms with E-state index in [-0.39, 0.29) is 0 Å². The number of anilines is 1. The molecule has 1 aromatic carbocycles. The third-order valence-corrected chi connectivity index (χ3v) is 5.51. The average molecular weight is 416 g/mol. The molecule has 8 heteroatoms. The van der Waals surface area contributed by atoms with E-state index in [9.17, 15) is 0 Å². The predicted molar refractivity (Wildman–Crippen MR) is 121 cm³/mol. The molecule has 0 spiro atoms. The van der Waals surface area contributed by atoms with Crippen molar-refractivity contribution < 1.29 is 4.74 Å². The molecule has 1 fully saturated rings. The van der Waals surface area contributed by atoms with E-state index >= 15 is 0 Å². The van der Waals surface area contributed by atoms with E-state index in [1.807, 2.05) is 18.3 Å². The highest BCUT2D eigenvalue weighted by molar-refractivity contribution is 5.86. The van der Waals surface area contributed by atoms with E-state index in [0.29, 0.717) is 19.2 Å². The summed E-state index contributed by atoms with van der Waals surface area (Å²) < 4.78 is 9.33. The number of morpholine rings is 1. The minimum absolute atomic E-state index is 0.526. The fraction of sp³-hybridized carbons (Fsp3) is 0.304. The van der Waals surface area contributed by atoms with Crippen molar-refractivity contribution in [2.45, 2.75) is 20.4 Å². The van der Waals surface area contributed by atoms with Crippen LogP contribution in [0.1, 0.15) is 18.3 Å². The van der Waals surface area contributed by atoms with Gasteiger partial charge in [0.2, 0.25) is 0 Å². The van der Waals surface area contributed by atoms with Gasteiger partial charge in [0.15, 0.2) is 17.0 Å². The molecule has 158 valence electrons. The monoisotopic (exact) mass is 415 g/mol. The van der Waals surface area contributed by atoms with E-state index in [1.165, 1.54) is 5.56 Å². The zero-order chi connectivity index (χ0) is 21.4. The molecule has 0 bridgehead atoms. The Balaban J connectivity index is 1.66. The summed E-state index contributed by atoms with van der Waals surface area (Å²) in [6, 6.07) is 10.3. The van der Waals surface area contributed by atoms with Crippen LogP contribution in [0.15, 0.2) is 43.1 Å². The zero-order valence-corrected chi connectivity index (χ0v) is 17.8. The summed E-state index contributed by atoms with van der Waals surface area (Å²) in [4.78, 5) is 16.7. The molecule has 0 radical (unpaired) electrons. The Morgan fingerprint density at radius 1 is 1.13 bits per heavy atom. The standard InChI is InChI=1S/C23H25N7O/c1-4-19-24-20-21(28-11-13-31-14-12-28)25-23(26-22(20)29(19)5-2)30-10-9-18(27-30)17-8-6-7-16(3)15-17/h4,6-10,15H,1,5,11-14H2,2-3H3. The molecule has 0 N–H and O–H groups in total. The van der Waals surface area contributed by atoms with Crippen molar-refractivity contribution in [3.63, 3.8) is 0 Å². The van der Waals surface area contributed by atoms with Crippen LogP contribution in [0.2, 0.25) is 0 Å². The number of ether oxygens (including phenoxy) is 1. The van der Waals surface area contributed by atoms with Gasteiger partial charge >= 0.3 is 0 Å². The molecule has 0 aliphatic carbocycles. The second-order valence-corrected chi connectivity index (χ2v) is 7.55. The lowest BCUT2D eigenvalue weighted by atomic mass is 10.1. The van der Waals surface area contributed by atoms with Crippen LogP contribution in [0.3, 0.4) is 0 Å². The first-order valence-corrected chi connectivity index (χ1v) is 10.5. The van der Waals surface area contributed by atoms with Gasteiger partial charge in [0.05, 0.1) is 18.9 Å². The molecule has 8 nitrogen and oxygen atoms in total. The number of nitrogens with zero attached hydrogens (tertiary/aromatic N) is 7. The van der Waals surface area contributed by atoms with Gasteiger partial charge in [-0.15, -0.1) is 0 Å². The molecule has 0 atom stereocenters. The molecule has 31 heavy (non-hydrogen) atoms. The Morgan fingerprint density at radius 3 is 2.71 bits per heavy atom. The van der Waals surface area contributed by atoms with Gasteiger partial charge in [0.1, 0.15) is 5.82 Å². The van der Waals surface area contributed by atoms with Gasteiger partial charge in [0, 0.05) is 31.4 Å². The van der Waals surface area contributed by atoms with Crippen LogP contribution < -0.4 is 4.90 Å². The zero-order valence-electron chi connectivity index (χ0n) is 17.8. The van der Waals surface area contributed by atoms with Crippen LogP contribution in [-0.2, 0) is 11.3 Å². The van der Waals surface area contributed by atoms with Crippen molar-refractivity contribution in [1.29, 1.82) is 0 Å². The SMILES string of the molecule is C=Cc1nc2c(N3CCOCC3)nc(-n3ccc(-c4cccc(C)c4)n3)nc2n1CC. The van der Waals surface area contributed by atoms with Crippen molar-refractivity contribution in [1.82, 2.24) is 29.3 Å². The number of benzene rings is 1. The molecule has 4 heterocycles. The number of hydrogen-bond donors (Lipinski definition) is 0. The fourth-order valence-corrected chi connectivity index (χ4v) is 3.95. The molecule has 4 aromatic rings. The molecule has 0 amide bonds. The number of hydrogen-bond acceptors (Lipinski definition) is 6. The van der Waals surface area contributed by atoms with Crippen molar-refractivity contribution in [2.75, 3.05) is 31.2 Å². The summed E-state index contributed by atoms with van der Waals surface area (Å²) in [7, 11) is 0. The maximum absolute atomic E-state index is 5.54.